The third kappa shape index (κ3) is 3.43. The van der Waals surface area contributed by atoms with E-state index < -0.39 is 23.6 Å². The quantitative estimate of drug-likeness (QED) is 0.863. The molecule has 3 nitrogen and oxygen atoms in total. The standard InChI is InChI=1S/C10H12F2N2O.ClH/c1-2-7(13)10(15)14-8-5-3-4-6(11)9(8)12;/h3-5,7H,2,13H2,1H3,(H,14,15);1H/t7-;/m0./s1. The molecule has 0 radical (unpaired) electrons. The summed E-state index contributed by atoms with van der Waals surface area (Å²) in [5.74, 6) is -2.60. The topological polar surface area (TPSA) is 55.1 Å². The SMILES string of the molecule is CC[C@H](N)C(=O)Nc1cccc(F)c1F.Cl. The van der Waals surface area contributed by atoms with Crippen LogP contribution in [0.25, 0.3) is 0 Å². The zero-order valence-electron chi connectivity index (χ0n) is 8.67. The van der Waals surface area contributed by atoms with E-state index in [1.807, 2.05) is 0 Å². The van der Waals surface area contributed by atoms with Crippen molar-refractivity contribution < 1.29 is 13.6 Å². The highest BCUT2D eigenvalue weighted by atomic mass is 35.5. The highest BCUT2D eigenvalue weighted by Crippen LogP contribution is 2.16. The number of carbonyl (C=O) groups excluding carboxylic acids is 1. The van der Waals surface area contributed by atoms with Gasteiger partial charge in [-0.1, -0.05) is 13.0 Å². The van der Waals surface area contributed by atoms with Crippen molar-refractivity contribution in [3.05, 3.63) is 29.8 Å². The molecule has 1 amide bonds. The van der Waals surface area contributed by atoms with Gasteiger partial charge >= 0.3 is 0 Å². The summed E-state index contributed by atoms with van der Waals surface area (Å²) in [4.78, 5) is 11.3. The van der Waals surface area contributed by atoms with Crippen molar-refractivity contribution in [2.24, 2.45) is 5.73 Å². The number of halogens is 3. The first kappa shape index (κ1) is 14.8. The van der Waals surface area contributed by atoms with E-state index in [1.54, 1.807) is 6.92 Å². The molecule has 1 atom stereocenters. The minimum absolute atomic E-state index is 0. The Morgan fingerprint density at radius 1 is 1.50 bits per heavy atom. The molecule has 1 rings (SSSR count). The number of hydrogen-bond acceptors (Lipinski definition) is 2. The first-order valence-corrected chi connectivity index (χ1v) is 4.56. The van der Waals surface area contributed by atoms with Gasteiger partial charge in [-0.3, -0.25) is 4.79 Å². The second kappa shape index (κ2) is 6.40. The molecule has 0 heterocycles. The maximum atomic E-state index is 13.1. The Hall–Kier alpha value is -1.20. The largest absolute Gasteiger partial charge is 0.322 e. The van der Waals surface area contributed by atoms with Gasteiger partial charge in [-0.15, -0.1) is 12.4 Å². The molecular weight excluding hydrogens is 238 g/mol. The fraction of sp³-hybridized carbons (Fsp3) is 0.300. The highest BCUT2D eigenvalue weighted by molar-refractivity contribution is 5.94. The van der Waals surface area contributed by atoms with Crippen molar-refractivity contribution in [1.29, 1.82) is 0 Å². The summed E-state index contributed by atoms with van der Waals surface area (Å²) in [6, 6.07) is 2.85. The first-order valence-electron chi connectivity index (χ1n) is 4.56. The lowest BCUT2D eigenvalue weighted by atomic mass is 10.2. The molecule has 0 aromatic heterocycles. The fourth-order valence-corrected chi connectivity index (χ4v) is 1.01. The van der Waals surface area contributed by atoms with Crippen LogP contribution in [0.4, 0.5) is 14.5 Å². The molecule has 6 heteroatoms. The minimum Gasteiger partial charge on any atom is -0.322 e. The fourth-order valence-electron chi connectivity index (χ4n) is 1.01. The van der Waals surface area contributed by atoms with Crippen LogP contribution in [0.5, 0.6) is 0 Å². The Balaban J connectivity index is 0.00000225. The lowest BCUT2D eigenvalue weighted by Crippen LogP contribution is -2.35. The van der Waals surface area contributed by atoms with E-state index in [-0.39, 0.29) is 18.1 Å². The van der Waals surface area contributed by atoms with Gasteiger partial charge < -0.3 is 11.1 Å². The van der Waals surface area contributed by atoms with Crippen molar-refractivity contribution in [2.75, 3.05) is 5.32 Å². The lowest BCUT2D eigenvalue weighted by molar-refractivity contribution is -0.117. The summed E-state index contributed by atoms with van der Waals surface area (Å²) < 4.78 is 25.9. The van der Waals surface area contributed by atoms with Crippen LogP contribution >= 0.6 is 12.4 Å². The molecular formula is C10H13ClF2N2O. The van der Waals surface area contributed by atoms with Crippen molar-refractivity contribution in [1.82, 2.24) is 0 Å². The van der Waals surface area contributed by atoms with Gasteiger partial charge in [-0.2, -0.15) is 0 Å². The van der Waals surface area contributed by atoms with Gasteiger partial charge in [0.25, 0.3) is 0 Å². The third-order valence-electron chi connectivity index (χ3n) is 1.99. The van der Waals surface area contributed by atoms with E-state index in [4.69, 9.17) is 5.73 Å². The number of carbonyl (C=O) groups is 1. The molecule has 90 valence electrons. The van der Waals surface area contributed by atoms with Crippen LogP contribution < -0.4 is 11.1 Å². The molecule has 0 spiro atoms. The van der Waals surface area contributed by atoms with Crippen molar-refractivity contribution in [2.45, 2.75) is 19.4 Å². The highest BCUT2D eigenvalue weighted by Gasteiger charge is 2.14. The van der Waals surface area contributed by atoms with Gasteiger partial charge in [0.1, 0.15) is 0 Å². The number of nitrogens with two attached hydrogens (primary N) is 1. The van der Waals surface area contributed by atoms with Gasteiger partial charge in [0.05, 0.1) is 11.7 Å². The summed E-state index contributed by atoms with van der Waals surface area (Å²) in [6.07, 6.45) is 0.433. The van der Waals surface area contributed by atoms with E-state index in [9.17, 15) is 13.6 Å². The maximum Gasteiger partial charge on any atom is 0.241 e. The summed E-state index contributed by atoms with van der Waals surface area (Å²) in [6.45, 7) is 1.73. The summed E-state index contributed by atoms with van der Waals surface area (Å²) in [5.41, 5.74) is 5.23. The van der Waals surface area contributed by atoms with Crippen LogP contribution in [0.2, 0.25) is 0 Å². The molecule has 0 saturated heterocycles. The summed E-state index contributed by atoms with van der Waals surface area (Å²) >= 11 is 0. The minimum atomic E-state index is -1.07. The van der Waals surface area contributed by atoms with Crippen LogP contribution in [-0.4, -0.2) is 11.9 Å². The Kier molecular flexibility index (Phi) is 5.92. The Morgan fingerprint density at radius 3 is 2.69 bits per heavy atom. The molecule has 0 aliphatic rings. The van der Waals surface area contributed by atoms with Crippen LogP contribution in [0, 0.1) is 11.6 Å². The van der Waals surface area contributed by atoms with Crippen molar-refractivity contribution >= 4 is 24.0 Å². The van der Waals surface area contributed by atoms with Gasteiger partial charge in [0.2, 0.25) is 5.91 Å². The summed E-state index contributed by atoms with van der Waals surface area (Å²) in [7, 11) is 0. The maximum absolute atomic E-state index is 13.1. The number of nitrogens with one attached hydrogen (secondary N) is 1. The van der Waals surface area contributed by atoms with Gasteiger partial charge in [0.15, 0.2) is 11.6 Å². The molecule has 0 fully saturated rings. The molecule has 0 aliphatic heterocycles. The Morgan fingerprint density at radius 2 is 2.12 bits per heavy atom. The van der Waals surface area contributed by atoms with E-state index >= 15 is 0 Å². The Bertz CT molecular complexity index is 374. The zero-order valence-corrected chi connectivity index (χ0v) is 9.48. The monoisotopic (exact) mass is 250 g/mol. The second-order valence-electron chi connectivity index (χ2n) is 3.11. The molecule has 0 saturated carbocycles. The average Bonchev–Trinajstić information content (AvgIpc) is 2.23. The van der Waals surface area contributed by atoms with Crippen LogP contribution in [0.3, 0.4) is 0 Å². The van der Waals surface area contributed by atoms with Crippen LogP contribution in [0.15, 0.2) is 18.2 Å². The first-order chi connectivity index (χ1) is 7.06. The van der Waals surface area contributed by atoms with Gasteiger partial charge in [-0.05, 0) is 18.6 Å². The number of anilines is 1. The van der Waals surface area contributed by atoms with Crippen molar-refractivity contribution in [3.63, 3.8) is 0 Å². The molecule has 3 N–H and O–H groups in total. The normalized spacial score (nSPS) is 11.5. The smallest absolute Gasteiger partial charge is 0.241 e. The molecule has 1 aromatic rings. The van der Waals surface area contributed by atoms with E-state index in [2.05, 4.69) is 5.32 Å². The molecule has 0 aliphatic carbocycles. The van der Waals surface area contributed by atoms with Gasteiger partial charge in [0, 0.05) is 0 Å². The number of rotatable bonds is 3. The number of benzene rings is 1. The zero-order chi connectivity index (χ0) is 11.4. The van der Waals surface area contributed by atoms with Crippen LogP contribution in [-0.2, 0) is 4.79 Å². The molecule has 0 unspecified atom stereocenters. The third-order valence-corrected chi connectivity index (χ3v) is 1.99. The second-order valence-corrected chi connectivity index (χ2v) is 3.11. The Labute approximate surface area is 98.4 Å². The van der Waals surface area contributed by atoms with Gasteiger partial charge in [-0.25, -0.2) is 8.78 Å². The predicted octanol–water partition coefficient (Wildman–Crippen LogP) is 2.06. The predicted molar refractivity (Wildman–Crippen MR) is 60.5 cm³/mol. The molecule has 1 aromatic carbocycles. The van der Waals surface area contributed by atoms with E-state index in [1.165, 1.54) is 12.1 Å². The molecule has 16 heavy (non-hydrogen) atoms. The lowest BCUT2D eigenvalue weighted by Gasteiger charge is -2.10. The van der Waals surface area contributed by atoms with E-state index in [0.29, 0.717) is 6.42 Å². The number of hydrogen-bond donors (Lipinski definition) is 2. The number of amides is 1. The van der Waals surface area contributed by atoms with Crippen LogP contribution in [0.1, 0.15) is 13.3 Å². The van der Waals surface area contributed by atoms with E-state index in [0.717, 1.165) is 6.07 Å². The average molecular weight is 251 g/mol. The summed E-state index contributed by atoms with van der Waals surface area (Å²) in [5, 5.41) is 2.22. The van der Waals surface area contributed by atoms with Crippen molar-refractivity contribution in [3.8, 4) is 0 Å². The molecule has 0 bridgehead atoms.